The lowest BCUT2D eigenvalue weighted by Crippen LogP contribution is -2.20. The molecule has 14 heavy (non-hydrogen) atoms. The van der Waals surface area contributed by atoms with Crippen molar-refractivity contribution in [3.8, 4) is 0 Å². The number of aliphatic carboxylic acids is 1. The van der Waals surface area contributed by atoms with Crippen LogP contribution in [0.15, 0.2) is 11.6 Å². The van der Waals surface area contributed by atoms with Gasteiger partial charge in [0.2, 0.25) is 0 Å². The average Bonchev–Trinajstić information content (AvgIpc) is 2.03. The second-order valence-corrected chi connectivity index (χ2v) is 4.04. The predicted octanol–water partition coefficient (Wildman–Crippen LogP) is 1.03. The third-order valence-electron chi connectivity index (χ3n) is 1.27. The quantitative estimate of drug-likeness (QED) is 0.600. The Morgan fingerprint density at radius 2 is 1.57 bits per heavy atom. The first-order valence-electron chi connectivity index (χ1n) is 4.34. The molecule has 0 bridgehead atoms. The van der Waals surface area contributed by atoms with Crippen LogP contribution in [0.1, 0.15) is 27.7 Å². The van der Waals surface area contributed by atoms with Crippen molar-refractivity contribution < 1.29 is 20.1 Å². The van der Waals surface area contributed by atoms with Gasteiger partial charge in [-0.2, -0.15) is 0 Å². The second-order valence-electron chi connectivity index (χ2n) is 4.04. The lowest BCUT2D eigenvalue weighted by Gasteiger charge is -2.16. The molecule has 0 aromatic carbocycles. The summed E-state index contributed by atoms with van der Waals surface area (Å²) in [4.78, 5) is 9.73. The van der Waals surface area contributed by atoms with Gasteiger partial charge in [0.05, 0.1) is 13.2 Å². The predicted molar refractivity (Wildman–Crippen MR) is 55.0 cm³/mol. The SMILES string of the molecule is CC(C)(CO)CO.CC(C)=CC(=O)O. The van der Waals surface area contributed by atoms with Crippen molar-refractivity contribution in [2.75, 3.05) is 13.2 Å². The zero-order chi connectivity index (χ0) is 11.8. The monoisotopic (exact) mass is 204 g/mol. The van der Waals surface area contributed by atoms with Gasteiger partial charge in [-0.25, -0.2) is 4.79 Å². The first-order valence-corrected chi connectivity index (χ1v) is 4.34. The summed E-state index contributed by atoms with van der Waals surface area (Å²) in [5.74, 6) is -0.875. The topological polar surface area (TPSA) is 77.8 Å². The smallest absolute Gasteiger partial charge is 0.328 e. The average molecular weight is 204 g/mol. The van der Waals surface area contributed by atoms with E-state index in [-0.39, 0.29) is 18.6 Å². The third kappa shape index (κ3) is 13.7. The highest BCUT2D eigenvalue weighted by atomic mass is 16.4. The van der Waals surface area contributed by atoms with Gasteiger partial charge in [0, 0.05) is 11.5 Å². The Hall–Kier alpha value is -0.870. The van der Waals surface area contributed by atoms with E-state index in [0.717, 1.165) is 5.57 Å². The van der Waals surface area contributed by atoms with Crippen LogP contribution in [0, 0.1) is 5.41 Å². The van der Waals surface area contributed by atoms with Crippen LogP contribution < -0.4 is 0 Å². The van der Waals surface area contributed by atoms with Crippen LogP contribution in [0.2, 0.25) is 0 Å². The number of aliphatic hydroxyl groups is 2. The van der Waals surface area contributed by atoms with Gasteiger partial charge in [-0.3, -0.25) is 0 Å². The maximum Gasteiger partial charge on any atom is 0.328 e. The summed E-state index contributed by atoms with van der Waals surface area (Å²) in [6.07, 6.45) is 1.17. The van der Waals surface area contributed by atoms with Crippen LogP contribution in [0.5, 0.6) is 0 Å². The molecule has 0 amide bonds. The summed E-state index contributed by atoms with van der Waals surface area (Å²) in [7, 11) is 0. The first kappa shape index (κ1) is 15.6. The van der Waals surface area contributed by atoms with Crippen molar-refractivity contribution >= 4 is 5.97 Å². The fourth-order valence-electron chi connectivity index (χ4n) is 0.297. The molecule has 0 radical (unpaired) electrons. The van der Waals surface area contributed by atoms with E-state index in [4.69, 9.17) is 15.3 Å². The molecule has 0 rings (SSSR count). The standard InChI is InChI=1S/C5H12O2.C5H8O2/c1-5(2,3-6)4-7;1-4(2)3-5(6)7/h6-7H,3-4H2,1-2H3;3H,1-2H3,(H,6,7). The number of hydrogen-bond acceptors (Lipinski definition) is 3. The minimum atomic E-state index is -0.875. The van der Waals surface area contributed by atoms with E-state index in [2.05, 4.69) is 0 Å². The summed E-state index contributed by atoms with van der Waals surface area (Å²) in [6, 6.07) is 0. The van der Waals surface area contributed by atoms with E-state index < -0.39 is 5.97 Å². The molecule has 0 aliphatic rings. The molecule has 0 aromatic rings. The molecule has 0 unspecified atom stereocenters. The molecular weight excluding hydrogens is 184 g/mol. The molecule has 0 saturated carbocycles. The summed E-state index contributed by atoms with van der Waals surface area (Å²) >= 11 is 0. The van der Waals surface area contributed by atoms with Crippen molar-refractivity contribution in [1.82, 2.24) is 0 Å². The van der Waals surface area contributed by atoms with Crippen molar-refractivity contribution in [2.24, 2.45) is 5.41 Å². The Bertz CT molecular complexity index is 184. The molecule has 0 spiro atoms. The van der Waals surface area contributed by atoms with Crippen LogP contribution in [-0.2, 0) is 4.79 Å². The largest absolute Gasteiger partial charge is 0.478 e. The van der Waals surface area contributed by atoms with Gasteiger partial charge in [-0.15, -0.1) is 0 Å². The minimum Gasteiger partial charge on any atom is -0.478 e. The van der Waals surface area contributed by atoms with E-state index in [0.29, 0.717) is 0 Å². The molecule has 3 N–H and O–H groups in total. The highest BCUT2D eigenvalue weighted by molar-refractivity contribution is 5.80. The number of carbonyl (C=O) groups is 1. The van der Waals surface area contributed by atoms with Crippen molar-refractivity contribution in [3.05, 3.63) is 11.6 Å². The summed E-state index contributed by atoms with van der Waals surface area (Å²) in [5.41, 5.74) is 0.507. The molecule has 0 aliphatic carbocycles. The minimum absolute atomic E-state index is 0.0451. The molecule has 4 heteroatoms. The van der Waals surface area contributed by atoms with Crippen molar-refractivity contribution in [1.29, 1.82) is 0 Å². The van der Waals surface area contributed by atoms with E-state index in [9.17, 15) is 4.79 Å². The normalized spacial score (nSPS) is 9.86. The summed E-state index contributed by atoms with van der Waals surface area (Å²) < 4.78 is 0. The first-order chi connectivity index (χ1) is 6.25. The highest BCUT2D eigenvalue weighted by Gasteiger charge is 2.13. The lowest BCUT2D eigenvalue weighted by atomic mass is 9.97. The summed E-state index contributed by atoms with van der Waals surface area (Å²) in [5, 5.41) is 24.9. The fourth-order valence-corrected chi connectivity index (χ4v) is 0.297. The van der Waals surface area contributed by atoms with Crippen LogP contribution >= 0.6 is 0 Å². The number of allylic oxidation sites excluding steroid dienone is 1. The fraction of sp³-hybridized carbons (Fsp3) is 0.700. The maximum absolute atomic E-state index is 9.73. The van der Waals surface area contributed by atoms with Crippen molar-refractivity contribution in [2.45, 2.75) is 27.7 Å². The Morgan fingerprint density at radius 1 is 1.21 bits per heavy atom. The Labute approximate surface area is 84.9 Å². The third-order valence-corrected chi connectivity index (χ3v) is 1.27. The van der Waals surface area contributed by atoms with Crippen LogP contribution in [-0.4, -0.2) is 34.5 Å². The van der Waals surface area contributed by atoms with Crippen LogP contribution in [0.3, 0.4) is 0 Å². The van der Waals surface area contributed by atoms with Crippen LogP contribution in [0.4, 0.5) is 0 Å². The van der Waals surface area contributed by atoms with Gasteiger partial charge in [0.1, 0.15) is 0 Å². The molecule has 0 fully saturated rings. The van der Waals surface area contributed by atoms with E-state index >= 15 is 0 Å². The molecule has 0 heterocycles. The molecule has 84 valence electrons. The zero-order valence-corrected chi connectivity index (χ0v) is 9.24. The summed E-state index contributed by atoms with van der Waals surface area (Å²) in [6.45, 7) is 7.18. The number of carboxylic acids is 1. The van der Waals surface area contributed by atoms with E-state index in [1.165, 1.54) is 6.08 Å². The Kier molecular flexibility index (Phi) is 8.38. The van der Waals surface area contributed by atoms with Gasteiger partial charge < -0.3 is 15.3 Å². The van der Waals surface area contributed by atoms with Crippen LogP contribution in [0.25, 0.3) is 0 Å². The molecule has 0 aliphatic heterocycles. The van der Waals surface area contributed by atoms with E-state index in [1.807, 2.05) is 0 Å². The number of rotatable bonds is 3. The number of hydrogen-bond donors (Lipinski definition) is 3. The highest BCUT2D eigenvalue weighted by Crippen LogP contribution is 2.10. The van der Waals surface area contributed by atoms with Gasteiger partial charge in [-0.05, 0) is 13.8 Å². The Morgan fingerprint density at radius 3 is 1.57 bits per heavy atom. The molecule has 0 aromatic heterocycles. The molecule has 0 atom stereocenters. The Balaban J connectivity index is 0. The van der Waals surface area contributed by atoms with Gasteiger partial charge in [0.25, 0.3) is 0 Å². The number of aliphatic hydroxyl groups excluding tert-OH is 2. The maximum atomic E-state index is 9.73. The number of carboxylic acid groups (broad SMARTS) is 1. The van der Waals surface area contributed by atoms with Gasteiger partial charge >= 0.3 is 5.97 Å². The van der Waals surface area contributed by atoms with Crippen molar-refractivity contribution in [3.63, 3.8) is 0 Å². The molecule has 0 saturated heterocycles. The second kappa shape index (κ2) is 7.53. The lowest BCUT2D eigenvalue weighted by molar-refractivity contribution is -0.131. The van der Waals surface area contributed by atoms with Gasteiger partial charge in [0.15, 0.2) is 0 Å². The molecule has 4 nitrogen and oxygen atoms in total. The van der Waals surface area contributed by atoms with E-state index in [1.54, 1.807) is 27.7 Å². The zero-order valence-electron chi connectivity index (χ0n) is 9.24. The molecular formula is C10H20O4. The van der Waals surface area contributed by atoms with Gasteiger partial charge in [-0.1, -0.05) is 19.4 Å².